The van der Waals surface area contributed by atoms with Crippen molar-refractivity contribution >= 4 is 10.9 Å². The van der Waals surface area contributed by atoms with Crippen LogP contribution in [0.1, 0.15) is 46.1 Å². The lowest BCUT2D eigenvalue weighted by atomic mass is 9.92. The van der Waals surface area contributed by atoms with Crippen molar-refractivity contribution < 1.29 is 0 Å². The minimum Gasteiger partial charge on any atom is -0.347 e. The number of hydrogen-bond acceptors (Lipinski definition) is 1. The molecule has 0 saturated carbocycles. The van der Waals surface area contributed by atoms with Gasteiger partial charge in [0.25, 0.3) is 0 Å². The second kappa shape index (κ2) is 6.45. The van der Waals surface area contributed by atoms with Crippen LogP contribution in [0.5, 0.6) is 0 Å². The Hall–Kier alpha value is -1.28. The number of aromatic nitrogens is 1. The SMILES string of the molecule is CCCNCc1cn(CCC(C)(C)C)c2ccccc12. The molecule has 0 atom stereocenters. The van der Waals surface area contributed by atoms with E-state index in [2.05, 4.69) is 68.0 Å². The molecule has 0 aliphatic heterocycles. The van der Waals surface area contributed by atoms with Gasteiger partial charge in [0.2, 0.25) is 0 Å². The average molecular weight is 272 g/mol. The molecule has 0 bridgehead atoms. The number of nitrogens with zero attached hydrogens (tertiary/aromatic N) is 1. The van der Waals surface area contributed by atoms with Gasteiger partial charge in [0, 0.05) is 30.2 Å². The number of nitrogens with one attached hydrogen (secondary N) is 1. The van der Waals surface area contributed by atoms with Crippen molar-refractivity contribution in [1.29, 1.82) is 0 Å². The fraction of sp³-hybridized carbons (Fsp3) is 0.556. The van der Waals surface area contributed by atoms with Crippen LogP contribution in [0.3, 0.4) is 0 Å². The standard InChI is InChI=1S/C18H28N2/c1-5-11-19-13-15-14-20(12-10-18(2,3)4)17-9-7-6-8-16(15)17/h6-9,14,19H,5,10-13H2,1-4H3. The molecule has 0 spiro atoms. The second-order valence-corrected chi connectivity index (χ2v) is 6.85. The van der Waals surface area contributed by atoms with Crippen molar-refractivity contribution in [2.75, 3.05) is 6.54 Å². The molecular formula is C18H28N2. The first-order valence-electron chi connectivity index (χ1n) is 7.79. The zero-order valence-electron chi connectivity index (χ0n) is 13.4. The molecule has 0 saturated heterocycles. The summed E-state index contributed by atoms with van der Waals surface area (Å²) in [7, 11) is 0. The zero-order chi connectivity index (χ0) is 14.6. The summed E-state index contributed by atoms with van der Waals surface area (Å²) in [6, 6.07) is 8.76. The Kier molecular flexibility index (Phi) is 4.87. The summed E-state index contributed by atoms with van der Waals surface area (Å²) in [6.07, 6.45) is 4.72. The van der Waals surface area contributed by atoms with Crippen LogP contribution < -0.4 is 5.32 Å². The minimum absolute atomic E-state index is 0.381. The molecular weight excluding hydrogens is 244 g/mol. The molecule has 0 aliphatic rings. The Labute approximate surface area is 123 Å². The van der Waals surface area contributed by atoms with Crippen LogP contribution in [-0.2, 0) is 13.1 Å². The first kappa shape index (κ1) is 15.1. The molecule has 2 rings (SSSR count). The maximum absolute atomic E-state index is 3.52. The topological polar surface area (TPSA) is 17.0 Å². The molecule has 0 aliphatic carbocycles. The lowest BCUT2D eigenvalue weighted by molar-refractivity contribution is 0.353. The quantitative estimate of drug-likeness (QED) is 0.762. The Morgan fingerprint density at radius 3 is 2.60 bits per heavy atom. The van der Waals surface area contributed by atoms with Crippen LogP contribution in [-0.4, -0.2) is 11.1 Å². The van der Waals surface area contributed by atoms with E-state index >= 15 is 0 Å². The smallest absolute Gasteiger partial charge is 0.0483 e. The number of aryl methyl sites for hydroxylation is 1. The van der Waals surface area contributed by atoms with Crippen molar-refractivity contribution in [3.8, 4) is 0 Å². The van der Waals surface area contributed by atoms with Gasteiger partial charge < -0.3 is 9.88 Å². The largest absolute Gasteiger partial charge is 0.347 e. The van der Waals surface area contributed by atoms with E-state index in [0.29, 0.717) is 5.41 Å². The molecule has 1 N–H and O–H groups in total. The Morgan fingerprint density at radius 2 is 1.90 bits per heavy atom. The highest BCUT2D eigenvalue weighted by atomic mass is 15.0. The Balaban J connectivity index is 2.21. The Morgan fingerprint density at radius 1 is 1.15 bits per heavy atom. The van der Waals surface area contributed by atoms with E-state index in [1.54, 1.807) is 0 Å². The monoisotopic (exact) mass is 272 g/mol. The van der Waals surface area contributed by atoms with E-state index < -0.39 is 0 Å². The maximum Gasteiger partial charge on any atom is 0.0483 e. The summed E-state index contributed by atoms with van der Waals surface area (Å²) in [5, 5.41) is 4.91. The van der Waals surface area contributed by atoms with Crippen LogP contribution in [0.15, 0.2) is 30.5 Å². The van der Waals surface area contributed by atoms with Crippen molar-refractivity contribution in [3.05, 3.63) is 36.0 Å². The third kappa shape index (κ3) is 3.86. The average Bonchev–Trinajstić information content (AvgIpc) is 2.75. The van der Waals surface area contributed by atoms with Crippen LogP contribution >= 0.6 is 0 Å². The number of para-hydroxylation sites is 1. The molecule has 2 aromatic rings. The maximum atomic E-state index is 3.52. The van der Waals surface area contributed by atoms with Gasteiger partial charge in [0.15, 0.2) is 0 Å². The third-order valence-electron chi connectivity index (χ3n) is 3.72. The van der Waals surface area contributed by atoms with Crippen LogP contribution in [0.4, 0.5) is 0 Å². The van der Waals surface area contributed by atoms with Crippen molar-refractivity contribution in [2.45, 2.75) is 53.6 Å². The van der Waals surface area contributed by atoms with Crippen LogP contribution in [0.25, 0.3) is 10.9 Å². The molecule has 110 valence electrons. The molecule has 1 aromatic heterocycles. The number of benzene rings is 1. The lowest BCUT2D eigenvalue weighted by Gasteiger charge is -2.18. The summed E-state index contributed by atoms with van der Waals surface area (Å²) >= 11 is 0. The minimum atomic E-state index is 0.381. The van der Waals surface area contributed by atoms with Crippen LogP contribution in [0, 0.1) is 5.41 Å². The normalized spacial score (nSPS) is 12.2. The number of fused-ring (bicyclic) bond motifs is 1. The van der Waals surface area contributed by atoms with Gasteiger partial charge in [-0.1, -0.05) is 45.9 Å². The van der Waals surface area contributed by atoms with E-state index in [4.69, 9.17) is 0 Å². The predicted octanol–water partition coefficient (Wildman–Crippen LogP) is 4.58. The highest BCUT2D eigenvalue weighted by Gasteiger charge is 2.12. The molecule has 1 heterocycles. The van der Waals surface area contributed by atoms with Gasteiger partial charge in [-0.15, -0.1) is 0 Å². The number of hydrogen-bond donors (Lipinski definition) is 1. The first-order valence-corrected chi connectivity index (χ1v) is 7.79. The molecule has 0 unspecified atom stereocenters. The summed E-state index contributed by atoms with van der Waals surface area (Å²) in [6.45, 7) is 12.3. The lowest BCUT2D eigenvalue weighted by Crippen LogP contribution is -2.13. The van der Waals surface area contributed by atoms with E-state index in [0.717, 1.165) is 19.6 Å². The zero-order valence-corrected chi connectivity index (χ0v) is 13.4. The Bertz CT molecular complexity index is 546. The van der Waals surface area contributed by atoms with Crippen molar-refractivity contribution in [3.63, 3.8) is 0 Å². The van der Waals surface area contributed by atoms with Gasteiger partial charge in [-0.2, -0.15) is 0 Å². The highest BCUT2D eigenvalue weighted by Crippen LogP contribution is 2.25. The van der Waals surface area contributed by atoms with Gasteiger partial charge in [-0.3, -0.25) is 0 Å². The fourth-order valence-corrected chi connectivity index (χ4v) is 2.50. The molecule has 2 heteroatoms. The second-order valence-electron chi connectivity index (χ2n) is 6.85. The van der Waals surface area contributed by atoms with E-state index in [1.807, 2.05) is 0 Å². The summed E-state index contributed by atoms with van der Waals surface area (Å²) in [4.78, 5) is 0. The molecule has 20 heavy (non-hydrogen) atoms. The van der Waals surface area contributed by atoms with Crippen molar-refractivity contribution in [1.82, 2.24) is 9.88 Å². The number of rotatable bonds is 6. The first-order chi connectivity index (χ1) is 9.51. The third-order valence-corrected chi connectivity index (χ3v) is 3.72. The molecule has 0 radical (unpaired) electrons. The van der Waals surface area contributed by atoms with Crippen molar-refractivity contribution in [2.24, 2.45) is 5.41 Å². The summed E-state index contributed by atoms with van der Waals surface area (Å²) < 4.78 is 2.42. The van der Waals surface area contributed by atoms with E-state index in [-0.39, 0.29) is 0 Å². The molecule has 2 nitrogen and oxygen atoms in total. The van der Waals surface area contributed by atoms with E-state index in [1.165, 1.54) is 29.3 Å². The highest BCUT2D eigenvalue weighted by molar-refractivity contribution is 5.83. The molecule has 0 fully saturated rings. The summed E-state index contributed by atoms with van der Waals surface area (Å²) in [5.74, 6) is 0. The van der Waals surface area contributed by atoms with Gasteiger partial charge in [0.05, 0.1) is 0 Å². The molecule has 1 aromatic carbocycles. The van der Waals surface area contributed by atoms with Gasteiger partial charge in [0.1, 0.15) is 0 Å². The van der Waals surface area contributed by atoms with Gasteiger partial charge >= 0.3 is 0 Å². The fourth-order valence-electron chi connectivity index (χ4n) is 2.50. The van der Waals surface area contributed by atoms with Gasteiger partial charge in [-0.05, 0) is 36.4 Å². The van der Waals surface area contributed by atoms with Crippen LogP contribution in [0.2, 0.25) is 0 Å². The van der Waals surface area contributed by atoms with Gasteiger partial charge in [-0.25, -0.2) is 0 Å². The summed E-state index contributed by atoms with van der Waals surface area (Å²) in [5.41, 5.74) is 3.17. The molecule has 0 amide bonds. The predicted molar refractivity (Wildman–Crippen MR) is 88.0 cm³/mol. The van der Waals surface area contributed by atoms with E-state index in [9.17, 15) is 0 Å².